The number of carbonyl (C=O) groups excluding carboxylic acids is 1. The molecule has 0 radical (unpaired) electrons. The van der Waals surface area contributed by atoms with Crippen molar-refractivity contribution in [2.45, 2.75) is 57.7 Å². The van der Waals surface area contributed by atoms with Gasteiger partial charge in [-0.3, -0.25) is 10.1 Å². The van der Waals surface area contributed by atoms with Gasteiger partial charge in [0.25, 0.3) is 0 Å². The van der Waals surface area contributed by atoms with E-state index in [0.29, 0.717) is 6.04 Å². The maximum absolute atomic E-state index is 12.0. The normalized spacial score (nSPS) is 19.7. The molecular weight excluding hydrogens is 228 g/mol. The fraction of sp³-hybridized carbons (Fsp3) is 0.643. The highest BCUT2D eigenvalue weighted by molar-refractivity contribution is 5.81. The maximum Gasteiger partial charge on any atom is 0.237 e. The summed E-state index contributed by atoms with van der Waals surface area (Å²) < 4.78 is 5.32. The van der Waals surface area contributed by atoms with Crippen LogP contribution in [0, 0.1) is 0 Å². The summed E-state index contributed by atoms with van der Waals surface area (Å²) in [5, 5.41) is 6.35. The highest BCUT2D eigenvalue weighted by Gasteiger charge is 2.22. The lowest BCUT2D eigenvalue weighted by atomic mass is 10.2. The van der Waals surface area contributed by atoms with E-state index in [1.807, 2.05) is 26.0 Å². The summed E-state index contributed by atoms with van der Waals surface area (Å²) in [6.45, 7) is 3.89. The molecule has 2 atom stereocenters. The van der Waals surface area contributed by atoms with Crippen LogP contribution in [0.5, 0.6) is 0 Å². The van der Waals surface area contributed by atoms with Gasteiger partial charge in [-0.25, -0.2) is 0 Å². The summed E-state index contributed by atoms with van der Waals surface area (Å²) in [6, 6.07) is 3.99. The van der Waals surface area contributed by atoms with Crippen LogP contribution < -0.4 is 10.6 Å². The number of nitrogens with one attached hydrogen (secondary N) is 2. The third-order valence-electron chi connectivity index (χ3n) is 3.56. The molecule has 0 saturated heterocycles. The van der Waals surface area contributed by atoms with Crippen molar-refractivity contribution in [2.75, 3.05) is 0 Å². The van der Waals surface area contributed by atoms with E-state index in [4.69, 9.17) is 4.42 Å². The van der Waals surface area contributed by atoms with Crippen molar-refractivity contribution in [3.05, 3.63) is 24.2 Å². The van der Waals surface area contributed by atoms with E-state index in [2.05, 4.69) is 10.6 Å². The van der Waals surface area contributed by atoms with E-state index in [0.717, 1.165) is 18.6 Å². The Balaban J connectivity index is 1.79. The first-order valence-electron chi connectivity index (χ1n) is 6.76. The predicted molar refractivity (Wildman–Crippen MR) is 70.1 cm³/mol. The monoisotopic (exact) mass is 250 g/mol. The molecule has 1 aliphatic rings. The van der Waals surface area contributed by atoms with Gasteiger partial charge in [0.1, 0.15) is 5.76 Å². The molecule has 0 aliphatic heterocycles. The number of amides is 1. The Hall–Kier alpha value is -1.29. The van der Waals surface area contributed by atoms with Gasteiger partial charge in [0.05, 0.1) is 18.3 Å². The zero-order valence-electron chi connectivity index (χ0n) is 11.1. The van der Waals surface area contributed by atoms with E-state index in [-0.39, 0.29) is 18.0 Å². The second-order valence-corrected chi connectivity index (χ2v) is 5.12. The van der Waals surface area contributed by atoms with Crippen molar-refractivity contribution in [3.8, 4) is 0 Å². The maximum atomic E-state index is 12.0. The Labute approximate surface area is 108 Å². The van der Waals surface area contributed by atoms with Crippen LogP contribution in [0.15, 0.2) is 22.8 Å². The topological polar surface area (TPSA) is 54.3 Å². The molecule has 0 unspecified atom stereocenters. The first kappa shape index (κ1) is 13.1. The van der Waals surface area contributed by atoms with Crippen LogP contribution in [0.25, 0.3) is 0 Å². The van der Waals surface area contributed by atoms with E-state index in [1.165, 1.54) is 12.8 Å². The Morgan fingerprint density at radius 2 is 2.11 bits per heavy atom. The Kier molecular flexibility index (Phi) is 4.42. The number of hydrogen-bond acceptors (Lipinski definition) is 3. The van der Waals surface area contributed by atoms with E-state index < -0.39 is 0 Å². The van der Waals surface area contributed by atoms with Crippen molar-refractivity contribution in [1.29, 1.82) is 0 Å². The van der Waals surface area contributed by atoms with Crippen molar-refractivity contribution in [3.63, 3.8) is 0 Å². The SMILES string of the molecule is C[C@@H](N[C@H](C)c1ccco1)C(=O)NC1CCCC1. The largest absolute Gasteiger partial charge is 0.468 e. The summed E-state index contributed by atoms with van der Waals surface area (Å²) in [7, 11) is 0. The van der Waals surface area contributed by atoms with Crippen LogP contribution in [0.4, 0.5) is 0 Å². The summed E-state index contributed by atoms with van der Waals surface area (Å²) in [4.78, 5) is 12.0. The van der Waals surface area contributed by atoms with Crippen LogP contribution >= 0.6 is 0 Å². The quantitative estimate of drug-likeness (QED) is 0.843. The first-order valence-corrected chi connectivity index (χ1v) is 6.76. The molecule has 1 aromatic heterocycles. The third kappa shape index (κ3) is 3.35. The molecule has 1 amide bonds. The van der Waals surface area contributed by atoms with Gasteiger partial charge < -0.3 is 9.73 Å². The van der Waals surface area contributed by atoms with Gasteiger partial charge in [0.15, 0.2) is 0 Å². The molecule has 1 heterocycles. The van der Waals surface area contributed by atoms with Gasteiger partial charge in [0.2, 0.25) is 5.91 Å². The molecule has 1 aliphatic carbocycles. The van der Waals surface area contributed by atoms with Gasteiger partial charge in [-0.2, -0.15) is 0 Å². The van der Waals surface area contributed by atoms with E-state index in [9.17, 15) is 4.79 Å². The molecule has 2 N–H and O–H groups in total. The Bertz CT molecular complexity index is 369. The lowest BCUT2D eigenvalue weighted by molar-refractivity contribution is -0.123. The van der Waals surface area contributed by atoms with Crippen LogP contribution in [0.1, 0.15) is 51.3 Å². The minimum atomic E-state index is -0.203. The highest BCUT2D eigenvalue weighted by Crippen LogP contribution is 2.18. The molecule has 0 bridgehead atoms. The number of furan rings is 1. The van der Waals surface area contributed by atoms with Gasteiger partial charge >= 0.3 is 0 Å². The van der Waals surface area contributed by atoms with Crippen LogP contribution in [-0.4, -0.2) is 18.0 Å². The minimum Gasteiger partial charge on any atom is -0.468 e. The van der Waals surface area contributed by atoms with E-state index >= 15 is 0 Å². The molecular formula is C14H22N2O2. The minimum absolute atomic E-state index is 0.0457. The lowest BCUT2D eigenvalue weighted by Crippen LogP contribution is -2.46. The molecule has 0 spiro atoms. The first-order chi connectivity index (χ1) is 8.66. The molecule has 100 valence electrons. The smallest absolute Gasteiger partial charge is 0.237 e. The Morgan fingerprint density at radius 1 is 1.39 bits per heavy atom. The average molecular weight is 250 g/mol. The fourth-order valence-electron chi connectivity index (χ4n) is 2.47. The fourth-order valence-corrected chi connectivity index (χ4v) is 2.47. The molecule has 4 nitrogen and oxygen atoms in total. The number of hydrogen-bond donors (Lipinski definition) is 2. The second-order valence-electron chi connectivity index (χ2n) is 5.12. The van der Waals surface area contributed by atoms with Gasteiger partial charge in [-0.1, -0.05) is 12.8 Å². The van der Waals surface area contributed by atoms with Crippen molar-refractivity contribution in [2.24, 2.45) is 0 Å². The van der Waals surface area contributed by atoms with Crippen LogP contribution in [0.2, 0.25) is 0 Å². The lowest BCUT2D eigenvalue weighted by Gasteiger charge is -2.20. The molecule has 2 rings (SSSR count). The predicted octanol–water partition coefficient (Wildman–Crippen LogP) is 2.38. The zero-order valence-corrected chi connectivity index (χ0v) is 11.1. The van der Waals surface area contributed by atoms with Gasteiger partial charge in [-0.05, 0) is 38.8 Å². The Morgan fingerprint density at radius 3 is 2.72 bits per heavy atom. The molecule has 1 fully saturated rings. The highest BCUT2D eigenvalue weighted by atomic mass is 16.3. The second kappa shape index (κ2) is 6.05. The standard InChI is InChI=1S/C14H22N2O2/c1-10(13-8-5-9-18-13)15-11(2)14(17)16-12-6-3-4-7-12/h5,8-12,15H,3-4,6-7H2,1-2H3,(H,16,17)/t10-,11-/m1/s1. The van der Waals surface area contributed by atoms with Crippen molar-refractivity contribution >= 4 is 5.91 Å². The number of rotatable bonds is 5. The summed E-state index contributed by atoms with van der Waals surface area (Å²) in [6.07, 6.45) is 6.35. The van der Waals surface area contributed by atoms with Crippen LogP contribution in [-0.2, 0) is 4.79 Å². The molecule has 1 saturated carbocycles. The van der Waals surface area contributed by atoms with Crippen molar-refractivity contribution in [1.82, 2.24) is 10.6 Å². The molecule has 18 heavy (non-hydrogen) atoms. The van der Waals surface area contributed by atoms with E-state index in [1.54, 1.807) is 6.26 Å². The molecule has 4 heteroatoms. The molecule has 0 aromatic carbocycles. The zero-order chi connectivity index (χ0) is 13.0. The summed E-state index contributed by atoms with van der Waals surface area (Å²) in [5.74, 6) is 0.941. The van der Waals surface area contributed by atoms with Crippen LogP contribution in [0.3, 0.4) is 0 Å². The summed E-state index contributed by atoms with van der Waals surface area (Å²) in [5.41, 5.74) is 0. The summed E-state index contributed by atoms with van der Waals surface area (Å²) >= 11 is 0. The molecule has 1 aromatic rings. The van der Waals surface area contributed by atoms with Crippen molar-refractivity contribution < 1.29 is 9.21 Å². The third-order valence-corrected chi connectivity index (χ3v) is 3.56. The van der Waals surface area contributed by atoms with Gasteiger partial charge in [0, 0.05) is 6.04 Å². The van der Waals surface area contributed by atoms with Gasteiger partial charge in [-0.15, -0.1) is 0 Å². The number of carbonyl (C=O) groups is 1. The average Bonchev–Trinajstić information content (AvgIpc) is 3.01.